The maximum atomic E-state index is 12.1. The predicted octanol–water partition coefficient (Wildman–Crippen LogP) is 2.08. The molecule has 5 heteroatoms. The predicted molar refractivity (Wildman–Crippen MR) is 92.9 cm³/mol. The summed E-state index contributed by atoms with van der Waals surface area (Å²) >= 11 is 0. The number of para-hydroxylation sites is 1. The first kappa shape index (κ1) is 17.2. The van der Waals surface area contributed by atoms with Gasteiger partial charge in [-0.3, -0.25) is 4.79 Å². The molecule has 0 spiro atoms. The van der Waals surface area contributed by atoms with Crippen LogP contribution in [-0.4, -0.2) is 47.8 Å². The molecule has 1 heterocycles. The number of ether oxygens (including phenoxy) is 1. The second-order valence-electron chi connectivity index (χ2n) is 6.87. The average Bonchev–Trinajstić information content (AvgIpc) is 3.14. The number of hydrogen-bond donors (Lipinski definition) is 2. The molecule has 1 aliphatic carbocycles. The largest absolute Gasteiger partial charge is 0.483 e. The van der Waals surface area contributed by atoms with Crippen molar-refractivity contribution in [1.29, 1.82) is 0 Å². The molecule has 2 aliphatic rings. The summed E-state index contributed by atoms with van der Waals surface area (Å²) in [5, 5.41) is 13.1. The number of benzene rings is 1. The van der Waals surface area contributed by atoms with Crippen molar-refractivity contribution in [3.05, 3.63) is 29.8 Å². The molecule has 2 N–H and O–H groups in total. The van der Waals surface area contributed by atoms with Gasteiger partial charge in [-0.25, -0.2) is 0 Å². The molecule has 0 atom stereocenters. The second kappa shape index (κ2) is 8.49. The van der Waals surface area contributed by atoms with E-state index in [-0.39, 0.29) is 18.6 Å². The number of amides is 1. The molecular formula is C19H28N2O3. The van der Waals surface area contributed by atoms with Crippen molar-refractivity contribution in [2.24, 2.45) is 0 Å². The van der Waals surface area contributed by atoms with Gasteiger partial charge in [0.15, 0.2) is 6.61 Å². The fraction of sp³-hybridized carbons (Fsp3) is 0.632. The van der Waals surface area contributed by atoms with E-state index in [0.29, 0.717) is 6.04 Å². The van der Waals surface area contributed by atoms with Crippen molar-refractivity contribution in [3.63, 3.8) is 0 Å². The summed E-state index contributed by atoms with van der Waals surface area (Å²) in [6.07, 6.45) is 5.84. The van der Waals surface area contributed by atoms with Crippen LogP contribution in [0.15, 0.2) is 24.3 Å². The average molecular weight is 332 g/mol. The second-order valence-corrected chi connectivity index (χ2v) is 6.87. The lowest BCUT2D eigenvalue weighted by Gasteiger charge is -2.26. The molecule has 0 unspecified atom stereocenters. The first-order valence-corrected chi connectivity index (χ1v) is 9.12. The Bertz CT molecular complexity index is 535. The van der Waals surface area contributed by atoms with Crippen LogP contribution >= 0.6 is 0 Å². The quantitative estimate of drug-likeness (QED) is 0.837. The first-order valence-electron chi connectivity index (χ1n) is 9.12. The van der Waals surface area contributed by atoms with E-state index in [1.807, 2.05) is 29.2 Å². The van der Waals surface area contributed by atoms with Gasteiger partial charge in [-0.05, 0) is 44.6 Å². The van der Waals surface area contributed by atoms with Gasteiger partial charge in [-0.15, -0.1) is 0 Å². The zero-order valence-corrected chi connectivity index (χ0v) is 14.2. The Morgan fingerprint density at radius 1 is 1.17 bits per heavy atom. The lowest BCUT2D eigenvalue weighted by molar-refractivity contribution is -0.132. The fourth-order valence-electron chi connectivity index (χ4n) is 3.52. The Kier molecular flexibility index (Phi) is 6.10. The minimum atomic E-state index is -0.129. The number of carbonyl (C=O) groups is 1. The van der Waals surface area contributed by atoms with Crippen LogP contribution in [0.5, 0.6) is 5.75 Å². The van der Waals surface area contributed by atoms with E-state index in [0.717, 1.165) is 69.5 Å². The number of aliphatic hydroxyl groups excluding tert-OH is 1. The van der Waals surface area contributed by atoms with Gasteiger partial charge in [0.1, 0.15) is 5.75 Å². The van der Waals surface area contributed by atoms with E-state index in [9.17, 15) is 9.90 Å². The van der Waals surface area contributed by atoms with E-state index in [1.165, 1.54) is 0 Å². The van der Waals surface area contributed by atoms with Crippen molar-refractivity contribution in [3.8, 4) is 5.75 Å². The van der Waals surface area contributed by atoms with Crippen molar-refractivity contribution in [2.75, 3.05) is 19.7 Å². The zero-order chi connectivity index (χ0) is 16.8. The summed E-state index contributed by atoms with van der Waals surface area (Å²) in [5.41, 5.74) is 1.08. The molecule has 24 heavy (non-hydrogen) atoms. The highest BCUT2D eigenvalue weighted by Crippen LogP contribution is 2.21. The van der Waals surface area contributed by atoms with E-state index >= 15 is 0 Å². The van der Waals surface area contributed by atoms with Crippen LogP contribution in [-0.2, 0) is 11.3 Å². The Morgan fingerprint density at radius 2 is 1.88 bits per heavy atom. The summed E-state index contributed by atoms with van der Waals surface area (Å²) in [5.74, 6) is 0.866. The third kappa shape index (κ3) is 4.71. The maximum absolute atomic E-state index is 12.1. The third-order valence-corrected chi connectivity index (χ3v) is 5.06. The van der Waals surface area contributed by atoms with Crippen LogP contribution in [0, 0.1) is 0 Å². The Hall–Kier alpha value is -1.59. The normalized spacial score (nSPS) is 24.1. The Balaban J connectivity index is 1.50. The molecule has 1 aromatic carbocycles. The molecule has 132 valence electrons. The fourth-order valence-corrected chi connectivity index (χ4v) is 3.52. The van der Waals surface area contributed by atoms with Gasteiger partial charge in [0.2, 0.25) is 0 Å². The molecule has 0 radical (unpaired) electrons. The number of hydrogen-bond acceptors (Lipinski definition) is 4. The summed E-state index contributed by atoms with van der Waals surface area (Å²) in [4.78, 5) is 14.0. The number of likely N-dealkylation sites (tertiary alicyclic amines) is 1. The van der Waals surface area contributed by atoms with Crippen LogP contribution in [0.3, 0.4) is 0 Å². The van der Waals surface area contributed by atoms with Crippen molar-refractivity contribution in [1.82, 2.24) is 10.2 Å². The van der Waals surface area contributed by atoms with Gasteiger partial charge in [-0.2, -0.15) is 0 Å². The lowest BCUT2D eigenvalue weighted by atomic mass is 9.93. The van der Waals surface area contributed by atoms with Crippen molar-refractivity contribution in [2.45, 2.75) is 57.2 Å². The number of nitrogens with zero attached hydrogens (tertiary/aromatic N) is 1. The lowest BCUT2D eigenvalue weighted by Crippen LogP contribution is -2.34. The summed E-state index contributed by atoms with van der Waals surface area (Å²) in [7, 11) is 0. The molecule has 1 aromatic rings. The summed E-state index contributed by atoms with van der Waals surface area (Å²) in [6.45, 7) is 2.57. The molecule has 3 rings (SSSR count). The number of aliphatic hydroxyl groups is 1. The van der Waals surface area contributed by atoms with E-state index < -0.39 is 0 Å². The van der Waals surface area contributed by atoms with E-state index in [1.54, 1.807) is 0 Å². The Labute approximate surface area is 144 Å². The van der Waals surface area contributed by atoms with Crippen LogP contribution < -0.4 is 10.1 Å². The zero-order valence-electron chi connectivity index (χ0n) is 14.2. The minimum absolute atomic E-state index is 0.0801. The van der Waals surface area contributed by atoms with Gasteiger partial charge in [0.25, 0.3) is 5.91 Å². The van der Waals surface area contributed by atoms with Gasteiger partial charge < -0.3 is 20.1 Å². The molecule has 1 amide bonds. The monoisotopic (exact) mass is 332 g/mol. The number of nitrogens with one attached hydrogen (secondary N) is 1. The maximum Gasteiger partial charge on any atom is 0.260 e. The van der Waals surface area contributed by atoms with Crippen LogP contribution in [0.4, 0.5) is 0 Å². The van der Waals surface area contributed by atoms with Crippen LogP contribution in [0.2, 0.25) is 0 Å². The molecule has 0 bridgehead atoms. The molecule has 1 saturated carbocycles. The smallest absolute Gasteiger partial charge is 0.260 e. The molecule has 1 saturated heterocycles. The first-order chi connectivity index (χ1) is 11.7. The van der Waals surface area contributed by atoms with Crippen LogP contribution in [0.1, 0.15) is 44.1 Å². The van der Waals surface area contributed by atoms with Crippen molar-refractivity contribution < 1.29 is 14.6 Å². The Morgan fingerprint density at radius 3 is 2.62 bits per heavy atom. The van der Waals surface area contributed by atoms with E-state index in [4.69, 9.17) is 4.74 Å². The van der Waals surface area contributed by atoms with Gasteiger partial charge >= 0.3 is 0 Å². The molecule has 1 aliphatic heterocycles. The molecular weight excluding hydrogens is 304 g/mol. The SMILES string of the molecule is O=C(COc1ccccc1CNC1CCC(O)CC1)N1CCCC1. The topological polar surface area (TPSA) is 61.8 Å². The third-order valence-electron chi connectivity index (χ3n) is 5.06. The molecule has 2 fully saturated rings. The molecule has 5 nitrogen and oxygen atoms in total. The van der Waals surface area contributed by atoms with Crippen LogP contribution in [0.25, 0.3) is 0 Å². The number of rotatable bonds is 6. The highest BCUT2D eigenvalue weighted by molar-refractivity contribution is 5.78. The van der Waals surface area contributed by atoms with Gasteiger partial charge in [0.05, 0.1) is 6.10 Å². The highest BCUT2D eigenvalue weighted by Gasteiger charge is 2.20. The van der Waals surface area contributed by atoms with Gasteiger partial charge in [0, 0.05) is 31.2 Å². The number of carbonyl (C=O) groups excluding carboxylic acids is 1. The molecule has 0 aromatic heterocycles. The van der Waals surface area contributed by atoms with Gasteiger partial charge in [-0.1, -0.05) is 18.2 Å². The summed E-state index contributed by atoms with van der Waals surface area (Å²) < 4.78 is 5.80. The van der Waals surface area contributed by atoms with E-state index in [2.05, 4.69) is 5.32 Å². The highest BCUT2D eigenvalue weighted by atomic mass is 16.5. The standard InChI is InChI=1S/C19H28N2O3/c22-17-9-7-16(8-10-17)20-13-15-5-1-2-6-18(15)24-14-19(23)21-11-3-4-12-21/h1-2,5-6,16-17,20,22H,3-4,7-14H2. The van der Waals surface area contributed by atoms with Crippen molar-refractivity contribution >= 4 is 5.91 Å². The minimum Gasteiger partial charge on any atom is -0.483 e. The summed E-state index contributed by atoms with van der Waals surface area (Å²) in [6, 6.07) is 8.36.